The third kappa shape index (κ3) is 3.07. The molecule has 104 valence electrons. The van der Waals surface area contributed by atoms with Crippen LogP contribution in [0.5, 0.6) is 0 Å². The number of nitrogens with two attached hydrogens (primary N) is 1. The van der Waals surface area contributed by atoms with Crippen molar-refractivity contribution in [1.82, 2.24) is 4.90 Å². The van der Waals surface area contributed by atoms with Gasteiger partial charge in [-0.25, -0.2) is 0 Å². The Morgan fingerprint density at radius 2 is 2.00 bits per heavy atom. The molecule has 2 rings (SSSR count). The lowest BCUT2D eigenvalue weighted by molar-refractivity contribution is -0.138. The van der Waals surface area contributed by atoms with Gasteiger partial charge in [0.15, 0.2) is 0 Å². The number of nitrogens with zero attached hydrogens (tertiary/aromatic N) is 1. The fourth-order valence-electron chi connectivity index (χ4n) is 2.28. The fraction of sp³-hybridized carbons (Fsp3) is 0.462. The third-order valence-corrected chi connectivity index (χ3v) is 3.21. The summed E-state index contributed by atoms with van der Waals surface area (Å²) >= 11 is 0. The van der Waals surface area contributed by atoms with Crippen molar-refractivity contribution >= 4 is 5.91 Å². The molecule has 1 aliphatic rings. The van der Waals surface area contributed by atoms with Crippen LogP contribution in [0.15, 0.2) is 24.3 Å². The molecule has 1 aliphatic heterocycles. The molecule has 1 saturated heterocycles. The van der Waals surface area contributed by atoms with Crippen LogP contribution in [0, 0.1) is 0 Å². The standard InChI is InChI=1S/C13H15F3N2O/c14-13(15,16)11-6-2-1-5-10(11)12(19)18-7-3-4-9(17)8-18/h1-2,5-6,9H,3-4,7-8,17H2. The Morgan fingerprint density at radius 3 is 2.63 bits per heavy atom. The maximum atomic E-state index is 12.9. The number of carbonyl (C=O) groups is 1. The van der Waals surface area contributed by atoms with Crippen molar-refractivity contribution < 1.29 is 18.0 Å². The Bertz CT molecular complexity index is 473. The summed E-state index contributed by atoms with van der Waals surface area (Å²) in [5, 5.41) is 0. The number of carbonyl (C=O) groups excluding carboxylic acids is 1. The molecule has 0 saturated carbocycles. The number of alkyl halides is 3. The molecule has 1 fully saturated rings. The minimum atomic E-state index is -4.52. The predicted molar refractivity (Wildman–Crippen MR) is 64.6 cm³/mol. The van der Waals surface area contributed by atoms with E-state index in [4.69, 9.17) is 5.73 Å². The Labute approximate surface area is 109 Å². The van der Waals surface area contributed by atoms with E-state index in [0.717, 1.165) is 18.9 Å². The predicted octanol–water partition coefficient (Wildman–Crippen LogP) is 2.27. The second-order valence-electron chi connectivity index (χ2n) is 4.70. The lowest BCUT2D eigenvalue weighted by atomic mass is 10.0. The minimum absolute atomic E-state index is 0.157. The topological polar surface area (TPSA) is 46.3 Å². The zero-order chi connectivity index (χ0) is 14.0. The first-order chi connectivity index (χ1) is 8.89. The van der Waals surface area contributed by atoms with Gasteiger partial charge in [-0.1, -0.05) is 12.1 Å². The summed E-state index contributed by atoms with van der Waals surface area (Å²) < 4.78 is 38.6. The SMILES string of the molecule is NC1CCCN(C(=O)c2ccccc2C(F)(F)F)C1. The fourth-order valence-corrected chi connectivity index (χ4v) is 2.28. The quantitative estimate of drug-likeness (QED) is 0.852. The maximum absolute atomic E-state index is 12.9. The van der Waals surface area contributed by atoms with Crippen molar-refractivity contribution in [1.29, 1.82) is 0 Å². The van der Waals surface area contributed by atoms with Gasteiger partial charge in [-0.3, -0.25) is 4.79 Å². The molecule has 0 spiro atoms. The van der Waals surface area contributed by atoms with Gasteiger partial charge in [-0.15, -0.1) is 0 Å². The van der Waals surface area contributed by atoms with Crippen molar-refractivity contribution in [3.05, 3.63) is 35.4 Å². The largest absolute Gasteiger partial charge is 0.417 e. The van der Waals surface area contributed by atoms with E-state index in [1.807, 2.05) is 0 Å². The van der Waals surface area contributed by atoms with Crippen LogP contribution in [-0.4, -0.2) is 29.9 Å². The van der Waals surface area contributed by atoms with E-state index in [-0.39, 0.29) is 11.6 Å². The number of amides is 1. The molecule has 1 amide bonds. The highest BCUT2D eigenvalue weighted by Crippen LogP contribution is 2.32. The van der Waals surface area contributed by atoms with Crippen LogP contribution >= 0.6 is 0 Å². The zero-order valence-corrected chi connectivity index (χ0v) is 10.3. The third-order valence-electron chi connectivity index (χ3n) is 3.21. The van der Waals surface area contributed by atoms with E-state index in [1.54, 1.807) is 0 Å². The molecule has 2 N–H and O–H groups in total. The van der Waals surface area contributed by atoms with Gasteiger partial charge in [0.05, 0.1) is 11.1 Å². The van der Waals surface area contributed by atoms with Crippen LogP contribution in [0.4, 0.5) is 13.2 Å². The zero-order valence-electron chi connectivity index (χ0n) is 10.3. The Hall–Kier alpha value is -1.56. The summed E-state index contributed by atoms with van der Waals surface area (Å²) in [5.74, 6) is -0.594. The van der Waals surface area contributed by atoms with Gasteiger partial charge in [0, 0.05) is 19.1 Å². The van der Waals surface area contributed by atoms with Gasteiger partial charge in [0.1, 0.15) is 0 Å². The van der Waals surface area contributed by atoms with E-state index >= 15 is 0 Å². The Kier molecular flexibility index (Phi) is 3.80. The van der Waals surface area contributed by atoms with Crippen molar-refractivity contribution in [2.75, 3.05) is 13.1 Å². The smallest absolute Gasteiger partial charge is 0.337 e. The molecule has 1 aromatic rings. The van der Waals surface area contributed by atoms with Crippen LogP contribution in [0.3, 0.4) is 0 Å². The van der Waals surface area contributed by atoms with Crippen LogP contribution in [-0.2, 0) is 6.18 Å². The molecule has 0 bridgehead atoms. The van der Waals surface area contributed by atoms with Crippen molar-refractivity contribution in [3.63, 3.8) is 0 Å². The van der Waals surface area contributed by atoms with Crippen molar-refractivity contribution in [2.45, 2.75) is 25.1 Å². The highest BCUT2D eigenvalue weighted by atomic mass is 19.4. The number of hydrogen-bond donors (Lipinski definition) is 1. The number of rotatable bonds is 1. The van der Waals surface area contributed by atoms with Gasteiger partial charge in [0.2, 0.25) is 0 Å². The summed E-state index contributed by atoms with van der Waals surface area (Å²) in [6.07, 6.45) is -3.00. The molecule has 3 nitrogen and oxygen atoms in total. The number of piperidine rings is 1. The molecule has 1 heterocycles. The first kappa shape index (κ1) is 13.9. The van der Waals surface area contributed by atoms with Crippen molar-refractivity contribution in [3.8, 4) is 0 Å². The monoisotopic (exact) mass is 272 g/mol. The molecule has 1 atom stereocenters. The van der Waals surface area contributed by atoms with Crippen LogP contribution < -0.4 is 5.73 Å². The molecule has 19 heavy (non-hydrogen) atoms. The molecular formula is C13H15F3N2O. The van der Waals surface area contributed by atoms with Crippen LogP contribution in [0.25, 0.3) is 0 Å². The average molecular weight is 272 g/mol. The van der Waals surface area contributed by atoms with E-state index in [2.05, 4.69) is 0 Å². The first-order valence-corrected chi connectivity index (χ1v) is 6.10. The van der Waals surface area contributed by atoms with Crippen LogP contribution in [0.1, 0.15) is 28.8 Å². The van der Waals surface area contributed by atoms with Gasteiger partial charge < -0.3 is 10.6 Å². The van der Waals surface area contributed by atoms with Crippen molar-refractivity contribution in [2.24, 2.45) is 5.73 Å². The second kappa shape index (κ2) is 5.21. The molecular weight excluding hydrogens is 257 g/mol. The van der Waals surface area contributed by atoms with Gasteiger partial charge in [-0.05, 0) is 25.0 Å². The number of likely N-dealkylation sites (tertiary alicyclic amines) is 1. The second-order valence-corrected chi connectivity index (χ2v) is 4.70. The van der Waals surface area contributed by atoms with E-state index in [0.29, 0.717) is 13.1 Å². The Morgan fingerprint density at radius 1 is 1.32 bits per heavy atom. The van der Waals surface area contributed by atoms with E-state index in [9.17, 15) is 18.0 Å². The number of halogens is 3. The minimum Gasteiger partial charge on any atom is -0.337 e. The summed E-state index contributed by atoms with van der Waals surface area (Å²) in [6, 6.07) is 4.70. The number of hydrogen-bond acceptors (Lipinski definition) is 2. The summed E-state index contributed by atoms with van der Waals surface area (Å²) in [6.45, 7) is 0.768. The molecule has 0 radical (unpaired) electrons. The summed E-state index contributed by atoms with van der Waals surface area (Å²) in [5.41, 5.74) is 4.56. The highest BCUT2D eigenvalue weighted by molar-refractivity contribution is 5.96. The van der Waals surface area contributed by atoms with E-state index in [1.165, 1.54) is 23.1 Å². The highest BCUT2D eigenvalue weighted by Gasteiger charge is 2.36. The van der Waals surface area contributed by atoms with Gasteiger partial charge >= 0.3 is 6.18 Å². The maximum Gasteiger partial charge on any atom is 0.417 e. The Balaban J connectivity index is 2.29. The summed E-state index contributed by atoms with van der Waals surface area (Å²) in [4.78, 5) is 13.6. The van der Waals surface area contributed by atoms with E-state index < -0.39 is 17.6 Å². The van der Waals surface area contributed by atoms with Crippen LogP contribution in [0.2, 0.25) is 0 Å². The number of benzene rings is 1. The van der Waals surface area contributed by atoms with Gasteiger partial charge in [-0.2, -0.15) is 13.2 Å². The summed E-state index contributed by atoms with van der Waals surface area (Å²) in [7, 11) is 0. The van der Waals surface area contributed by atoms with Gasteiger partial charge in [0.25, 0.3) is 5.91 Å². The molecule has 1 unspecified atom stereocenters. The lowest BCUT2D eigenvalue weighted by Gasteiger charge is -2.31. The molecule has 6 heteroatoms. The molecule has 0 aromatic heterocycles. The average Bonchev–Trinajstić information content (AvgIpc) is 2.37. The lowest BCUT2D eigenvalue weighted by Crippen LogP contribution is -2.46. The molecule has 1 aromatic carbocycles. The molecule has 0 aliphatic carbocycles. The normalized spacial score (nSPS) is 20.4. The first-order valence-electron chi connectivity index (χ1n) is 6.10.